The predicted molar refractivity (Wildman–Crippen MR) is 77.8 cm³/mol. The van der Waals surface area contributed by atoms with Crippen molar-refractivity contribution < 1.29 is 9.94 Å². The van der Waals surface area contributed by atoms with E-state index in [4.69, 9.17) is 15.7 Å². The molecule has 19 heavy (non-hydrogen) atoms. The molecule has 0 saturated heterocycles. The summed E-state index contributed by atoms with van der Waals surface area (Å²) in [5, 5.41) is 11.5. The lowest BCUT2D eigenvalue weighted by atomic mass is 10.1. The number of benzene rings is 1. The molecule has 1 aromatic carbocycles. The number of nitrogens with two attached hydrogens (primary N) is 1. The van der Waals surface area contributed by atoms with E-state index in [1.54, 1.807) is 12.1 Å². The van der Waals surface area contributed by atoms with Crippen molar-refractivity contribution in [3.63, 3.8) is 0 Å². The fourth-order valence-electron chi connectivity index (χ4n) is 1.85. The second kappa shape index (κ2) is 9.25. The van der Waals surface area contributed by atoms with E-state index in [1.807, 2.05) is 12.1 Å². The number of unbranched alkanes of at least 4 members (excludes halogenated alkanes) is 5. The van der Waals surface area contributed by atoms with Gasteiger partial charge in [0.2, 0.25) is 0 Å². The van der Waals surface area contributed by atoms with E-state index in [1.165, 1.54) is 32.1 Å². The van der Waals surface area contributed by atoms with Crippen molar-refractivity contribution in [2.24, 2.45) is 10.9 Å². The van der Waals surface area contributed by atoms with Gasteiger partial charge >= 0.3 is 0 Å². The van der Waals surface area contributed by atoms with Crippen LogP contribution in [-0.2, 0) is 0 Å². The SMILES string of the molecule is CCCCCCCCOc1ccc(C(N)=NO)cc1. The largest absolute Gasteiger partial charge is 0.494 e. The Kier molecular flexibility index (Phi) is 7.47. The number of hydrogen-bond donors (Lipinski definition) is 2. The molecular weight excluding hydrogens is 240 g/mol. The van der Waals surface area contributed by atoms with E-state index in [9.17, 15) is 0 Å². The first-order valence-electron chi connectivity index (χ1n) is 6.98. The van der Waals surface area contributed by atoms with Crippen LogP contribution in [0.5, 0.6) is 5.75 Å². The smallest absolute Gasteiger partial charge is 0.170 e. The van der Waals surface area contributed by atoms with E-state index in [2.05, 4.69) is 12.1 Å². The zero-order valence-corrected chi connectivity index (χ0v) is 11.6. The third-order valence-electron chi connectivity index (χ3n) is 3.02. The molecular formula is C15H24N2O2. The van der Waals surface area contributed by atoms with Crippen molar-refractivity contribution in [2.75, 3.05) is 6.61 Å². The number of oxime groups is 1. The van der Waals surface area contributed by atoms with Gasteiger partial charge in [0.1, 0.15) is 5.75 Å². The molecule has 0 amide bonds. The van der Waals surface area contributed by atoms with Gasteiger partial charge in [-0.25, -0.2) is 0 Å². The molecule has 0 aliphatic rings. The van der Waals surface area contributed by atoms with Crippen LogP contribution in [0.15, 0.2) is 29.4 Å². The van der Waals surface area contributed by atoms with E-state index in [0.29, 0.717) is 5.56 Å². The maximum absolute atomic E-state index is 8.55. The fraction of sp³-hybridized carbons (Fsp3) is 0.533. The Bertz CT molecular complexity index is 374. The molecule has 0 radical (unpaired) electrons. The summed E-state index contributed by atoms with van der Waals surface area (Å²) in [5.74, 6) is 0.936. The van der Waals surface area contributed by atoms with Crippen molar-refractivity contribution >= 4 is 5.84 Å². The summed E-state index contributed by atoms with van der Waals surface area (Å²) in [7, 11) is 0. The minimum Gasteiger partial charge on any atom is -0.494 e. The van der Waals surface area contributed by atoms with Crippen LogP contribution in [0.4, 0.5) is 0 Å². The lowest BCUT2D eigenvalue weighted by molar-refractivity contribution is 0.304. The molecule has 0 unspecified atom stereocenters. The number of amidine groups is 1. The van der Waals surface area contributed by atoms with Gasteiger partial charge in [-0.3, -0.25) is 0 Å². The number of ether oxygens (including phenoxy) is 1. The molecule has 0 bridgehead atoms. The molecule has 0 aliphatic heterocycles. The second-order valence-corrected chi connectivity index (χ2v) is 4.63. The Morgan fingerprint density at radius 1 is 1.11 bits per heavy atom. The third-order valence-corrected chi connectivity index (χ3v) is 3.02. The average molecular weight is 264 g/mol. The maximum atomic E-state index is 8.55. The number of rotatable bonds is 9. The molecule has 0 aliphatic carbocycles. The summed E-state index contributed by atoms with van der Waals surface area (Å²) in [6.07, 6.45) is 7.54. The zero-order chi connectivity index (χ0) is 13.9. The van der Waals surface area contributed by atoms with Gasteiger partial charge in [-0.15, -0.1) is 0 Å². The van der Waals surface area contributed by atoms with Gasteiger partial charge in [0.05, 0.1) is 6.61 Å². The zero-order valence-electron chi connectivity index (χ0n) is 11.6. The quantitative estimate of drug-likeness (QED) is 0.236. The predicted octanol–water partition coefficient (Wildman–Crippen LogP) is 3.52. The summed E-state index contributed by atoms with van der Waals surface area (Å²) >= 11 is 0. The van der Waals surface area contributed by atoms with E-state index >= 15 is 0 Å². The fourth-order valence-corrected chi connectivity index (χ4v) is 1.85. The summed E-state index contributed by atoms with van der Waals surface area (Å²) in [6.45, 7) is 2.97. The molecule has 0 aromatic heterocycles. The first kappa shape index (κ1) is 15.3. The van der Waals surface area contributed by atoms with Crippen LogP contribution in [0.2, 0.25) is 0 Å². The van der Waals surface area contributed by atoms with Gasteiger partial charge in [0.15, 0.2) is 5.84 Å². The maximum Gasteiger partial charge on any atom is 0.170 e. The molecule has 0 heterocycles. The first-order valence-corrected chi connectivity index (χ1v) is 6.98. The van der Waals surface area contributed by atoms with Gasteiger partial charge in [-0.05, 0) is 30.7 Å². The molecule has 4 nitrogen and oxygen atoms in total. The number of nitrogens with zero attached hydrogens (tertiary/aromatic N) is 1. The van der Waals surface area contributed by atoms with Crippen molar-refractivity contribution in [3.05, 3.63) is 29.8 Å². The lowest BCUT2D eigenvalue weighted by Crippen LogP contribution is -2.12. The van der Waals surface area contributed by atoms with Crippen molar-refractivity contribution in [1.82, 2.24) is 0 Å². The van der Waals surface area contributed by atoms with Gasteiger partial charge in [-0.1, -0.05) is 44.2 Å². The minimum absolute atomic E-state index is 0.113. The monoisotopic (exact) mass is 264 g/mol. The molecule has 4 heteroatoms. The molecule has 0 saturated carbocycles. The summed E-state index contributed by atoms with van der Waals surface area (Å²) in [4.78, 5) is 0. The van der Waals surface area contributed by atoms with Crippen LogP contribution in [0, 0.1) is 0 Å². The van der Waals surface area contributed by atoms with Gasteiger partial charge in [0, 0.05) is 5.56 Å². The summed E-state index contributed by atoms with van der Waals surface area (Å²) in [5.41, 5.74) is 6.17. The highest BCUT2D eigenvalue weighted by molar-refractivity contribution is 5.97. The van der Waals surface area contributed by atoms with Crippen LogP contribution in [-0.4, -0.2) is 17.6 Å². The van der Waals surface area contributed by atoms with E-state index < -0.39 is 0 Å². The Hall–Kier alpha value is -1.71. The highest BCUT2D eigenvalue weighted by Crippen LogP contribution is 2.13. The molecule has 1 rings (SSSR count). The standard InChI is InChI=1S/C15H24N2O2/c1-2-3-4-5-6-7-12-19-14-10-8-13(9-11-14)15(16)17-18/h8-11,18H,2-7,12H2,1H3,(H2,16,17). The van der Waals surface area contributed by atoms with Crippen LogP contribution < -0.4 is 10.5 Å². The van der Waals surface area contributed by atoms with Crippen LogP contribution in [0.1, 0.15) is 51.0 Å². The van der Waals surface area contributed by atoms with Crippen molar-refractivity contribution in [3.8, 4) is 5.75 Å². The normalized spacial score (nSPS) is 11.5. The van der Waals surface area contributed by atoms with Gasteiger partial charge in [-0.2, -0.15) is 0 Å². The van der Waals surface area contributed by atoms with Crippen LogP contribution in [0.25, 0.3) is 0 Å². The Morgan fingerprint density at radius 3 is 2.37 bits per heavy atom. The minimum atomic E-state index is 0.113. The van der Waals surface area contributed by atoms with Crippen molar-refractivity contribution in [1.29, 1.82) is 0 Å². The Balaban J connectivity index is 2.19. The summed E-state index contributed by atoms with van der Waals surface area (Å²) < 4.78 is 5.64. The molecule has 3 N–H and O–H groups in total. The second-order valence-electron chi connectivity index (χ2n) is 4.63. The highest BCUT2D eigenvalue weighted by Gasteiger charge is 1.99. The Morgan fingerprint density at radius 2 is 1.74 bits per heavy atom. The molecule has 106 valence electrons. The molecule has 0 spiro atoms. The third kappa shape index (κ3) is 6.13. The molecule has 1 aromatic rings. The van der Waals surface area contributed by atoms with E-state index in [-0.39, 0.29) is 5.84 Å². The van der Waals surface area contributed by atoms with Crippen LogP contribution in [0.3, 0.4) is 0 Å². The first-order chi connectivity index (χ1) is 9.27. The summed E-state index contributed by atoms with van der Waals surface area (Å²) in [6, 6.07) is 7.24. The topological polar surface area (TPSA) is 67.8 Å². The molecule has 0 fully saturated rings. The highest BCUT2D eigenvalue weighted by atomic mass is 16.5. The number of hydrogen-bond acceptors (Lipinski definition) is 3. The van der Waals surface area contributed by atoms with Crippen LogP contribution >= 0.6 is 0 Å². The van der Waals surface area contributed by atoms with E-state index in [0.717, 1.165) is 18.8 Å². The lowest BCUT2D eigenvalue weighted by Gasteiger charge is -2.06. The average Bonchev–Trinajstić information content (AvgIpc) is 2.46. The van der Waals surface area contributed by atoms with Crippen molar-refractivity contribution in [2.45, 2.75) is 45.4 Å². The van der Waals surface area contributed by atoms with Gasteiger partial charge < -0.3 is 15.7 Å². The van der Waals surface area contributed by atoms with Gasteiger partial charge in [0.25, 0.3) is 0 Å². The Labute approximate surface area is 115 Å². The molecule has 0 atom stereocenters.